The predicted octanol–water partition coefficient (Wildman–Crippen LogP) is 6.77. The summed E-state index contributed by atoms with van der Waals surface area (Å²) in [5, 5.41) is 10.8. The van der Waals surface area contributed by atoms with E-state index >= 15 is 4.39 Å². The summed E-state index contributed by atoms with van der Waals surface area (Å²) in [6.07, 6.45) is -2.16. The molecule has 4 atom stereocenters. The SMILES string of the molecule is C[C@H]1COCC[C@]1(F)c1cc(-c2cccc(N(C)C)c2)cnc1OC1C[C@@H](C(=O)O)N(c2nc(C(F)F)nc3c2oc2ccccc23)C1. The molecule has 2 aromatic carbocycles. The van der Waals surface area contributed by atoms with Crippen LogP contribution in [-0.2, 0) is 15.2 Å². The van der Waals surface area contributed by atoms with Crippen molar-refractivity contribution in [1.29, 1.82) is 0 Å². The van der Waals surface area contributed by atoms with Crippen molar-refractivity contribution < 1.29 is 37.0 Å². The molecule has 3 aromatic heterocycles. The second-order valence-electron chi connectivity index (χ2n) is 12.6. The number of carboxylic acids is 1. The van der Waals surface area contributed by atoms with E-state index in [1.165, 1.54) is 4.90 Å². The van der Waals surface area contributed by atoms with Crippen LogP contribution in [0.1, 0.15) is 37.6 Å². The molecule has 250 valence electrons. The molecule has 0 amide bonds. The van der Waals surface area contributed by atoms with E-state index in [2.05, 4.69) is 15.0 Å². The molecule has 2 aliphatic rings. The number of nitrogens with zero attached hydrogens (tertiary/aromatic N) is 5. The number of hydrogen-bond acceptors (Lipinski definition) is 9. The van der Waals surface area contributed by atoms with Crippen LogP contribution in [0.3, 0.4) is 0 Å². The van der Waals surface area contributed by atoms with Gasteiger partial charge in [-0.15, -0.1) is 0 Å². The van der Waals surface area contributed by atoms with E-state index in [9.17, 15) is 18.7 Å². The van der Waals surface area contributed by atoms with E-state index in [4.69, 9.17) is 13.9 Å². The van der Waals surface area contributed by atoms with Crippen LogP contribution in [-0.4, -0.2) is 72.0 Å². The van der Waals surface area contributed by atoms with Crippen LogP contribution >= 0.6 is 0 Å². The fourth-order valence-corrected chi connectivity index (χ4v) is 6.62. The summed E-state index contributed by atoms with van der Waals surface area (Å²) in [6, 6.07) is 15.2. The zero-order valence-electron chi connectivity index (χ0n) is 26.6. The number of carbonyl (C=O) groups is 1. The Morgan fingerprint density at radius 3 is 2.69 bits per heavy atom. The van der Waals surface area contributed by atoms with Gasteiger partial charge < -0.3 is 28.8 Å². The topological polar surface area (TPSA) is 114 Å². The zero-order chi connectivity index (χ0) is 33.7. The Morgan fingerprint density at radius 2 is 1.94 bits per heavy atom. The zero-order valence-corrected chi connectivity index (χ0v) is 26.6. The maximum absolute atomic E-state index is 17.1. The summed E-state index contributed by atoms with van der Waals surface area (Å²) >= 11 is 0. The fourth-order valence-electron chi connectivity index (χ4n) is 6.62. The molecule has 13 heteroatoms. The Balaban J connectivity index is 1.28. The van der Waals surface area contributed by atoms with Gasteiger partial charge in [-0.2, -0.15) is 0 Å². The smallest absolute Gasteiger partial charge is 0.326 e. The maximum atomic E-state index is 17.1. The summed E-state index contributed by atoms with van der Waals surface area (Å²) in [7, 11) is 3.87. The molecule has 2 aliphatic heterocycles. The lowest BCUT2D eigenvalue weighted by Crippen LogP contribution is -2.38. The van der Waals surface area contributed by atoms with Crippen LogP contribution in [0.15, 0.2) is 65.2 Å². The van der Waals surface area contributed by atoms with Gasteiger partial charge in [0.2, 0.25) is 5.88 Å². The minimum absolute atomic E-state index is 0.0413. The Bertz CT molecular complexity index is 2000. The van der Waals surface area contributed by atoms with Gasteiger partial charge in [0.05, 0.1) is 18.7 Å². The van der Waals surface area contributed by atoms with Gasteiger partial charge in [-0.1, -0.05) is 31.2 Å². The van der Waals surface area contributed by atoms with E-state index in [0.29, 0.717) is 16.5 Å². The number of rotatable bonds is 8. The second kappa shape index (κ2) is 12.3. The third kappa shape index (κ3) is 5.55. The third-order valence-electron chi connectivity index (χ3n) is 9.27. The van der Waals surface area contributed by atoms with Crippen molar-refractivity contribution in [3.8, 4) is 17.0 Å². The number of ether oxygens (including phenoxy) is 2. The number of aromatic nitrogens is 3. The molecule has 1 unspecified atom stereocenters. The van der Waals surface area contributed by atoms with Gasteiger partial charge in [0.1, 0.15) is 28.9 Å². The number of alkyl halides is 3. The first-order valence-electron chi connectivity index (χ1n) is 15.7. The lowest BCUT2D eigenvalue weighted by molar-refractivity contribution is -0.138. The van der Waals surface area contributed by atoms with Crippen molar-refractivity contribution in [3.05, 3.63) is 72.2 Å². The second-order valence-corrected chi connectivity index (χ2v) is 12.6. The van der Waals surface area contributed by atoms with Crippen LogP contribution in [0.25, 0.3) is 33.2 Å². The molecule has 10 nitrogen and oxygen atoms in total. The largest absolute Gasteiger partial charge is 0.480 e. The Hall–Kier alpha value is -4.91. The summed E-state index contributed by atoms with van der Waals surface area (Å²) in [4.78, 5) is 28.7. The Kier molecular flexibility index (Phi) is 8.10. The number of pyridine rings is 1. The molecular formula is C35H34F3N5O5. The highest BCUT2D eigenvalue weighted by molar-refractivity contribution is 6.06. The van der Waals surface area contributed by atoms with Crippen molar-refractivity contribution in [2.75, 3.05) is 43.7 Å². The number of anilines is 2. The van der Waals surface area contributed by atoms with E-state index in [0.717, 1.165) is 11.3 Å². The number of carboxylic acid groups (broad SMARTS) is 1. The average Bonchev–Trinajstić information content (AvgIpc) is 3.68. The van der Waals surface area contributed by atoms with Gasteiger partial charge in [-0.3, -0.25) is 0 Å². The van der Waals surface area contributed by atoms with Crippen molar-refractivity contribution in [3.63, 3.8) is 0 Å². The molecule has 48 heavy (non-hydrogen) atoms. The van der Waals surface area contributed by atoms with E-state index in [-0.39, 0.29) is 61.0 Å². The van der Waals surface area contributed by atoms with Crippen molar-refractivity contribution in [2.24, 2.45) is 5.92 Å². The lowest BCUT2D eigenvalue weighted by atomic mass is 9.80. The van der Waals surface area contributed by atoms with Crippen LogP contribution in [0.5, 0.6) is 5.88 Å². The summed E-state index contributed by atoms with van der Waals surface area (Å²) in [5.74, 6) is -2.50. The molecule has 5 heterocycles. The molecule has 0 aliphatic carbocycles. The number of fused-ring (bicyclic) bond motifs is 3. The van der Waals surface area contributed by atoms with Gasteiger partial charge in [0.25, 0.3) is 6.43 Å². The number of aliphatic carboxylic acids is 1. The molecule has 0 spiro atoms. The highest BCUT2D eigenvalue weighted by atomic mass is 19.3. The normalized spacial score (nSPS) is 22.9. The number of halogens is 3. The van der Waals surface area contributed by atoms with E-state index in [1.54, 1.807) is 43.5 Å². The molecule has 0 saturated carbocycles. The van der Waals surface area contributed by atoms with E-state index < -0.39 is 42.0 Å². The molecular weight excluding hydrogens is 627 g/mol. The van der Waals surface area contributed by atoms with Crippen LogP contribution in [0.4, 0.5) is 24.7 Å². The molecule has 1 N–H and O–H groups in total. The van der Waals surface area contributed by atoms with E-state index in [1.807, 2.05) is 43.3 Å². The quantitative estimate of drug-likeness (QED) is 0.191. The molecule has 7 rings (SSSR count). The minimum Gasteiger partial charge on any atom is -0.480 e. The molecule has 2 fully saturated rings. The first-order chi connectivity index (χ1) is 23.0. The van der Waals surface area contributed by atoms with Crippen LogP contribution in [0, 0.1) is 5.92 Å². The van der Waals surface area contributed by atoms with Crippen molar-refractivity contribution in [1.82, 2.24) is 15.0 Å². The predicted molar refractivity (Wildman–Crippen MR) is 173 cm³/mol. The molecule has 2 saturated heterocycles. The first kappa shape index (κ1) is 31.7. The maximum Gasteiger partial charge on any atom is 0.326 e. The van der Waals surface area contributed by atoms with Gasteiger partial charge >= 0.3 is 5.97 Å². The van der Waals surface area contributed by atoms with Gasteiger partial charge in [0.15, 0.2) is 17.2 Å². The minimum atomic E-state index is -3.01. The lowest BCUT2D eigenvalue weighted by Gasteiger charge is -2.37. The monoisotopic (exact) mass is 661 g/mol. The third-order valence-corrected chi connectivity index (χ3v) is 9.27. The van der Waals surface area contributed by atoms with Crippen molar-refractivity contribution >= 4 is 39.5 Å². The first-order valence-corrected chi connectivity index (χ1v) is 15.7. The van der Waals surface area contributed by atoms with Crippen molar-refractivity contribution in [2.45, 2.75) is 44.0 Å². The molecule has 0 bridgehead atoms. The number of hydrogen-bond donors (Lipinski definition) is 1. The average molecular weight is 662 g/mol. The Labute approximate surface area is 274 Å². The summed E-state index contributed by atoms with van der Waals surface area (Å²) < 4.78 is 63.0. The summed E-state index contributed by atoms with van der Waals surface area (Å²) in [6.45, 7) is 2.14. The van der Waals surface area contributed by atoms with Gasteiger partial charge in [-0.05, 0) is 35.9 Å². The fraction of sp³-hybridized carbons (Fsp3) is 0.371. The van der Waals surface area contributed by atoms with Crippen LogP contribution < -0.4 is 14.5 Å². The molecule has 5 aromatic rings. The summed E-state index contributed by atoms with van der Waals surface area (Å²) in [5.41, 5.74) is 1.57. The number of furan rings is 1. The van der Waals surface area contributed by atoms with Crippen LogP contribution in [0.2, 0.25) is 0 Å². The number of para-hydroxylation sites is 1. The molecule has 0 radical (unpaired) electrons. The highest BCUT2D eigenvalue weighted by Crippen LogP contribution is 2.46. The standard InChI is InChI=1S/C35H34F3N5O5/c1-19-18-46-12-11-35(19,38)25-14-21(20-7-6-8-22(13-20)42(2)3)16-39-33(25)47-23-15-26(34(44)45)43(17-23)32-29-28(40-31(41-32)30(36)37)24-9-4-5-10-27(24)48-29/h4-10,13-14,16,19,23,26,30H,11-12,15,17-18H2,1-3H3,(H,44,45)/t19-,23?,26-,35+/m0/s1. The highest BCUT2D eigenvalue weighted by Gasteiger charge is 2.46. The number of benzene rings is 2. The Morgan fingerprint density at radius 1 is 1.12 bits per heavy atom. The van der Waals surface area contributed by atoms with Gasteiger partial charge in [0, 0.05) is 62.3 Å². The van der Waals surface area contributed by atoms with Gasteiger partial charge in [-0.25, -0.2) is 32.9 Å².